The minimum atomic E-state index is 0.452. The summed E-state index contributed by atoms with van der Waals surface area (Å²) in [6.07, 6.45) is 1.92. The highest BCUT2D eigenvalue weighted by Crippen LogP contribution is 2.34. The monoisotopic (exact) mass is 339 g/mol. The van der Waals surface area contributed by atoms with Crippen molar-refractivity contribution >= 4 is 10.8 Å². The second-order valence-corrected chi connectivity index (χ2v) is 6.75. The van der Waals surface area contributed by atoms with E-state index in [1.165, 1.54) is 16.7 Å². The third-order valence-corrected chi connectivity index (χ3v) is 4.55. The fourth-order valence-electron chi connectivity index (χ4n) is 3.12. The van der Waals surface area contributed by atoms with E-state index >= 15 is 0 Å². The Bertz CT molecular complexity index is 1020. The fourth-order valence-corrected chi connectivity index (χ4v) is 3.12. The Morgan fingerprint density at radius 1 is 0.808 bits per heavy atom. The largest absolute Gasteiger partial charge is 0.439 e. The molecule has 0 fully saturated rings. The van der Waals surface area contributed by atoms with Crippen molar-refractivity contribution in [2.75, 3.05) is 0 Å². The topological polar surface area (TPSA) is 22.1 Å². The maximum absolute atomic E-state index is 5.92. The van der Waals surface area contributed by atoms with Crippen LogP contribution < -0.4 is 4.74 Å². The average Bonchev–Trinajstić information content (AvgIpc) is 2.68. The number of fused-ring (bicyclic) bond motifs is 1. The number of nitrogens with zero attached hydrogens (tertiary/aromatic N) is 1. The Labute approximate surface area is 154 Å². The summed E-state index contributed by atoms with van der Waals surface area (Å²) in [6, 6.07) is 26.8. The van der Waals surface area contributed by atoms with Crippen LogP contribution in [0.3, 0.4) is 0 Å². The maximum Gasteiger partial charge on any atom is 0.219 e. The predicted molar refractivity (Wildman–Crippen MR) is 108 cm³/mol. The minimum absolute atomic E-state index is 0.452. The van der Waals surface area contributed by atoms with E-state index in [1.54, 1.807) is 0 Å². The normalized spacial score (nSPS) is 11.0. The first-order valence-corrected chi connectivity index (χ1v) is 8.93. The number of rotatable bonds is 4. The van der Waals surface area contributed by atoms with E-state index in [-0.39, 0.29) is 0 Å². The van der Waals surface area contributed by atoms with Crippen molar-refractivity contribution in [3.63, 3.8) is 0 Å². The van der Waals surface area contributed by atoms with Crippen LogP contribution in [-0.4, -0.2) is 4.98 Å². The van der Waals surface area contributed by atoms with Gasteiger partial charge in [0.25, 0.3) is 0 Å². The van der Waals surface area contributed by atoms with Gasteiger partial charge in [-0.05, 0) is 40.1 Å². The van der Waals surface area contributed by atoms with Crippen LogP contribution in [-0.2, 0) is 0 Å². The molecule has 2 nitrogen and oxygen atoms in total. The first-order valence-electron chi connectivity index (χ1n) is 8.93. The molecular weight excluding hydrogens is 318 g/mol. The van der Waals surface area contributed by atoms with Crippen molar-refractivity contribution in [2.24, 2.45) is 0 Å². The summed E-state index contributed by atoms with van der Waals surface area (Å²) in [7, 11) is 0. The minimum Gasteiger partial charge on any atom is -0.439 e. The highest BCUT2D eigenvalue weighted by molar-refractivity contribution is 5.97. The highest BCUT2D eigenvalue weighted by atomic mass is 16.5. The molecule has 1 aromatic heterocycles. The Kier molecular flexibility index (Phi) is 4.40. The SMILES string of the molecule is CC(C)c1cc(-c2ccccc2)c2cnc(Oc3ccccc3)cc2c1. The van der Waals surface area contributed by atoms with E-state index in [1.807, 2.05) is 48.7 Å². The summed E-state index contributed by atoms with van der Waals surface area (Å²) >= 11 is 0. The molecule has 0 N–H and O–H groups in total. The van der Waals surface area contributed by atoms with Gasteiger partial charge < -0.3 is 4.74 Å². The third-order valence-electron chi connectivity index (χ3n) is 4.55. The molecule has 1 heterocycles. The van der Waals surface area contributed by atoms with Crippen molar-refractivity contribution in [3.8, 4) is 22.8 Å². The lowest BCUT2D eigenvalue weighted by molar-refractivity contribution is 0.464. The number of hydrogen-bond donors (Lipinski definition) is 0. The van der Waals surface area contributed by atoms with Crippen LogP contribution in [0.5, 0.6) is 11.6 Å². The van der Waals surface area contributed by atoms with Crippen molar-refractivity contribution in [1.82, 2.24) is 4.98 Å². The lowest BCUT2D eigenvalue weighted by Gasteiger charge is -2.14. The quantitative estimate of drug-likeness (QED) is 0.407. The van der Waals surface area contributed by atoms with Gasteiger partial charge in [0, 0.05) is 17.6 Å². The smallest absolute Gasteiger partial charge is 0.219 e. The van der Waals surface area contributed by atoms with E-state index < -0.39 is 0 Å². The van der Waals surface area contributed by atoms with Gasteiger partial charge in [0.15, 0.2) is 0 Å². The molecule has 0 aliphatic rings. The van der Waals surface area contributed by atoms with Crippen LogP contribution in [0.1, 0.15) is 25.3 Å². The van der Waals surface area contributed by atoms with E-state index in [9.17, 15) is 0 Å². The van der Waals surface area contributed by atoms with Gasteiger partial charge in [0.05, 0.1) is 0 Å². The van der Waals surface area contributed by atoms with Gasteiger partial charge in [0.2, 0.25) is 5.88 Å². The van der Waals surface area contributed by atoms with E-state index in [2.05, 4.69) is 55.2 Å². The average molecular weight is 339 g/mol. The lowest BCUT2D eigenvalue weighted by Crippen LogP contribution is -1.93. The Hall–Kier alpha value is -3.13. The van der Waals surface area contributed by atoms with Crippen LogP contribution in [0.4, 0.5) is 0 Å². The molecule has 4 rings (SSSR count). The van der Waals surface area contributed by atoms with Crippen LogP contribution in [0.2, 0.25) is 0 Å². The molecule has 26 heavy (non-hydrogen) atoms. The molecule has 0 spiro atoms. The second-order valence-electron chi connectivity index (χ2n) is 6.75. The summed E-state index contributed by atoms with van der Waals surface area (Å²) in [4.78, 5) is 4.54. The number of benzene rings is 3. The number of para-hydroxylation sites is 1. The van der Waals surface area contributed by atoms with Crippen LogP contribution in [0, 0.1) is 0 Å². The molecule has 0 bridgehead atoms. The number of ether oxygens (including phenoxy) is 1. The van der Waals surface area contributed by atoms with E-state index in [0.29, 0.717) is 11.8 Å². The summed E-state index contributed by atoms with van der Waals surface area (Å²) < 4.78 is 5.92. The summed E-state index contributed by atoms with van der Waals surface area (Å²) in [5, 5.41) is 2.29. The molecule has 128 valence electrons. The van der Waals surface area contributed by atoms with E-state index in [4.69, 9.17) is 4.74 Å². The first kappa shape index (κ1) is 16.3. The molecule has 0 aliphatic heterocycles. The standard InChI is InChI=1S/C24H21NO/c1-17(2)19-13-20-15-24(26-21-11-7-4-8-12-21)25-16-23(20)22(14-19)18-9-5-3-6-10-18/h3-17H,1-2H3. The Morgan fingerprint density at radius 3 is 2.19 bits per heavy atom. The molecule has 0 unspecified atom stereocenters. The molecule has 0 aliphatic carbocycles. The molecule has 2 heteroatoms. The molecule has 0 radical (unpaired) electrons. The van der Waals surface area contributed by atoms with Gasteiger partial charge >= 0.3 is 0 Å². The van der Waals surface area contributed by atoms with Gasteiger partial charge in [-0.25, -0.2) is 4.98 Å². The maximum atomic E-state index is 5.92. The lowest BCUT2D eigenvalue weighted by atomic mass is 9.93. The Morgan fingerprint density at radius 2 is 1.50 bits per heavy atom. The van der Waals surface area contributed by atoms with Crippen molar-refractivity contribution in [2.45, 2.75) is 19.8 Å². The summed E-state index contributed by atoms with van der Waals surface area (Å²) in [5.41, 5.74) is 3.73. The van der Waals surface area contributed by atoms with E-state index in [0.717, 1.165) is 16.5 Å². The van der Waals surface area contributed by atoms with Gasteiger partial charge in [0.1, 0.15) is 5.75 Å². The zero-order chi connectivity index (χ0) is 17.9. The molecule has 0 saturated carbocycles. The van der Waals surface area contributed by atoms with Crippen molar-refractivity contribution in [3.05, 3.63) is 90.6 Å². The van der Waals surface area contributed by atoms with Crippen molar-refractivity contribution in [1.29, 1.82) is 0 Å². The third kappa shape index (κ3) is 3.31. The Balaban J connectivity index is 1.84. The van der Waals surface area contributed by atoms with Gasteiger partial charge in [-0.1, -0.05) is 74.5 Å². The summed E-state index contributed by atoms with van der Waals surface area (Å²) in [6.45, 7) is 4.44. The predicted octanol–water partition coefficient (Wildman–Crippen LogP) is 6.82. The molecule has 3 aromatic carbocycles. The number of pyridine rings is 1. The van der Waals surface area contributed by atoms with Gasteiger partial charge in [-0.2, -0.15) is 0 Å². The molecule has 0 atom stereocenters. The molecule has 0 saturated heterocycles. The zero-order valence-electron chi connectivity index (χ0n) is 15.0. The van der Waals surface area contributed by atoms with Crippen LogP contribution in [0.15, 0.2) is 85.1 Å². The van der Waals surface area contributed by atoms with Crippen LogP contribution >= 0.6 is 0 Å². The second kappa shape index (κ2) is 7.01. The molecular formula is C24H21NO. The first-order chi connectivity index (χ1) is 12.7. The fraction of sp³-hybridized carbons (Fsp3) is 0.125. The highest BCUT2D eigenvalue weighted by Gasteiger charge is 2.11. The zero-order valence-corrected chi connectivity index (χ0v) is 15.0. The number of hydrogen-bond acceptors (Lipinski definition) is 2. The van der Waals surface area contributed by atoms with Gasteiger partial charge in [-0.15, -0.1) is 0 Å². The number of aromatic nitrogens is 1. The van der Waals surface area contributed by atoms with Gasteiger partial charge in [-0.3, -0.25) is 0 Å². The molecule has 0 amide bonds. The van der Waals surface area contributed by atoms with Crippen LogP contribution in [0.25, 0.3) is 21.9 Å². The summed E-state index contributed by atoms with van der Waals surface area (Å²) in [5.74, 6) is 1.86. The molecule has 4 aromatic rings. The van der Waals surface area contributed by atoms with Crippen molar-refractivity contribution < 1.29 is 4.74 Å².